The monoisotopic (exact) mass is 355 g/mol. The molecule has 0 bridgehead atoms. The molecule has 2 aromatic rings. The Morgan fingerprint density at radius 2 is 2.04 bits per heavy atom. The van der Waals surface area contributed by atoms with Gasteiger partial charge in [-0.15, -0.1) is 0 Å². The molecule has 24 heavy (non-hydrogen) atoms. The normalized spacial score (nSPS) is 11.4. The Labute approximate surface area is 141 Å². The highest BCUT2D eigenvalue weighted by atomic mass is 32.2. The zero-order valence-electron chi connectivity index (χ0n) is 13.1. The molecule has 0 aliphatic rings. The van der Waals surface area contributed by atoms with Crippen LogP contribution in [0, 0.1) is 6.92 Å². The van der Waals surface area contributed by atoms with E-state index in [4.69, 9.17) is 0 Å². The second kappa shape index (κ2) is 7.65. The van der Waals surface area contributed by atoms with Gasteiger partial charge in [0.15, 0.2) is 5.16 Å². The van der Waals surface area contributed by atoms with Crippen molar-refractivity contribution in [3.63, 3.8) is 0 Å². The lowest BCUT2D eigenvalue weighted by Gasteiger charge is -2.12. The van der Waals surface area contributed by atoms with E-state index >= 15 is 0 Å². The quantitative estimate of drug-likeness (QED) is 0.648. The van der Waals surface area contributed by atoms with Crippen LogP contribution in [0.5, 0.6) is 0 Å². The molecule has 0 saturated heterocycles. The predicted octanol–water partition coefficient (Wildman–Crippen LogP) is 4.10. The SMILES string of the molecule is CCc1cccc(C)c1NC(=O)CSc1nccc(C(F)(F)F)n1. The van der Waals surface area contributed by atoms with E-state index in [0.29, 0.717) is 0 Å². The van der Waals surface area contributed by atoms with E-state index in [0.717, 1.165) is 47.3 Å². The van der Waals surface area contributed by atoms with Crippen LogP contribution >= 0.6 is 11.8 Å². The Kier molecular flexibility index (Phi) is 5.82. The molecule has 1 amide bonds. The van der Waals surface area contributed by atoms with Crippen molar-refractivity contribution >= 4 is 23.4 Å². The Hall–Kier alpha value is -2.09. The van der Waals surface area contributed by atoms with Crippen LogP contribution in [-0.4, -0.2) is 21.6 Å². The van der Waals surface area contributed by atoms with Gasteiger partial charge in [-0.05, 0) is 30.5 Å². The second-order valence-electron chi connectivity index (χ2n) is 5.02. The van der Waals surface area contributed by atoms with Gasteiger partial charge in [0.1, 0.15) is 5.69 Å². The van der Waals surface area contributed by atoms with E-state index in [1.807, 2.05) is 32.0 Å². The van der Waals surface area contributed by atoms with Crippen LogP contribution in [0.15, 0.2) is 35.6 Å². The number of hydrogen-bond donors (Lipinski definition) is 1. The molecular weight excluding hydrogens is 339 g/mol. The molecule has 4 nitrogen and oxygen atoms in total. The molecule has 2 rings (SSSR count). The molecule has 0 atom stereocenters. The van der Waals surface area contributed by atoms with Gasteiger partial charge in [0.05, 0.1) is 5.75 Å². The van der Waals surface area contributed by atoms with E-state index in [2.05, 4.69) is 15.3 Å². The van der Waals surface area contributed by atoms with Crippen molar-refractivity contribution in [1.82, 2.24) is 9.97 Å². The Bertz CT molecular complexity index is 735. The van der Waals surface area contributed by atoms with Gasteiger partial charge < -0.3 is 5.32 Å². The Balaban J connectivity index is 2.02. The summed E-state index contributed by atoms with van der Waals surface area (Å²) in [6, 6.07) is 6.52. The fraction of sp³-hybridized carbons (Fsp3) is 0.312. The maximum absolute atomic E-state index is 12.6. The molecule has 0 aliphatic heterocycles. The van der Waals surface area contributed by atoms with Crippen LogP contribution in [-0.2, 0) is 17.4 Å². The molecule has 1 N–H and O–H groups in total. The first-order chi connectivity index (χ1) is 11.3. The van der Waals surface area contributed by atoms with Crippen molar-refractivity contribution in [3.8, 4) is 0 Å². The van der Waals surface area contributed by atoms with Crippen molar-refractivity contribution in [1.29, 1.82) is 0 Å². The average Bonchev–Trinajstić information content (AvgIpc) is 2.54. The predicted molar refractivity (Wildman–Crippen MR) is 86.9 cm³/mol. The van der Waals surface area contributed by atoms with Gasteiger partial charge in [-0.2, -0.15) is 13.2 Å². The fourth-order valence-corrected chi connectivity index (χ4v) is 2.71. The number of halogens is 3. The standard InChI is InChI=1S/C16H16F3N3OS/c1-3-11-6-4-5-10(2)14(11)22-13(23)9-24-15-20-8-7-12(21-15)16(17,18)19/h4-8H,3,9H2,1-2H3,(H,22,23). The van der Waals surface area contributed by atoms with Crippen LogP contribution in [0.1, 0.15) is 23.7 Å². The Morgan fingerprint density at radius 3 is 2.71 bits per heavy atom. The number of amides is 1. The summed E-state index contributed by atoms with van der Waals surface area (Å²) in [7, 11) is 0. The molecule has 1 heterocycles. The molecule has 0 spiro atoms. The highest BCUT2D eigenvalue weighted by molar-refractivity contribution is 7.99. The third-order valence-electron chi connectivity index (χ3n) is 3.26. The number of nitrogens with one attached hydrogen (secondary N) is 1. The van der Waals surface area contributed by atoms with Crippen LogP contribution in [0.25, 0.3) is 0 Å². The summed E-state index contributed by atoms with van der Waals surface area (Å²) in [6.45, 7) is 3.87. The van der Waals surface area contributed by atoms with E-state index in [1.165, 1.54) is 0 Å². The smallest absolute Gasteiger partial charge is 0.325 e. The van der Waals surface area contributed by atoms with Crippen LogP contribution < -0.4 is 5.32 Å². The number of carbonyl (C=O) groups excluding carboxylic acids is 1. The van der Waals surface area contributed by atoms with Crippen molar-refractivity contribution in [2.24, 2.45) is 0 Å². The molecule has 0 unspecified atom stereocenters. The minimum atomic E-state index is -4.53. The van der Waals surface area contributed by atoms with Gasteiger partial charge in [0.2, 0.25) is 5.91 Å². The first-order valence-electron chi connectivity index (χ1n) is 7.22. The molecule has 0 saturated carbocycles. The van der Waals surface area contributed by atoms with Crippen LogP contribution in [0.4, 0.5) is 18.9 Å². The summed E-state index contributed by atoms with van der Waals surface area (Å²) < 4.78 is 37.8. The maximum atomic E-state index is 12.6. The molecular formula is C16H16F3N3OS. The number of aryl methyl sites for hydroxylation is 2. The molecule has 1 aromatic heterocycles. The number of benzene rings is 1. The van der Waals surface area contributed by atoms with E-state index < -0.39 is 11.9 Å². The van der Waals surface area contributed by atoms with Gasteiger partial charge in [-0.25, -0.2) is 9.97 Å². The molecule has 128 valence electrons. The summed E-state index contributed by atoms with van der Waals surface area (Å²) in [5.41, 5.74) is 1.66. The number of carbonyl (C=O) groups is 1. The van der Waals surface area contributed by atoms with Crippen molar-refractivity contribution in [3.05, 3.63) is 47.3 Å². The lowest BCUT2D eigenvalue weighted by Crippen LogP contribution is -2.16. The second-order valence-corrected chi connectivity index (χ2v) is 5.96. The third-order valence-corrected chi connectivity index (χ3v) is 4.12. The number of hydrogen-bond acceptors (Lipinski definition) is 4. The first kappa shape index (κ1) is 18.3. The van der Waals surface area contributed by atoms with Gasteiger partial charge in [0, 0.05) is 11.9 Å². The largest absolute Gasteiger partial charge is 0.433 e. The minimum absolute atomic E-state index is 0.0706. The van der Waals surface area contributed by atoms with E-state index in [1.54, 1.807) is 0 Å². The molecule has 0 aliphatic carbocycles. The number of thioether (sulfide) groups is 1. The summed E-state index contributed by atoms with van der Waals surface area (Å²) in [5.74, 6) is -0.385. The van der Waals surface area contributed by atoms with Gasteiger partial charge in [0.25, 0.3) is 0 Å². The maximum Gasteiger partial charge on any atom is 0.433 e. The summed E-state index contributed by atoms with van der Waals surface area (Å²) in [4.78, 5) is 19.3. The Morgan fingerprint density at radius 1 is 1.29 bits per heavy atom. The van der Waals surface area contributed by atoms with Crippen molar-refractivity contribution < 1.29 is 18.0 Å². The summed E-state index contributed by atoms with van der Waals surface area (Å²) >= 11 is 0.863. The number of nitrogens with zero attached hydrogens (tertiary/aromatic N) is 2. The van der Waals surface area contributed by atoms with Crippen LogP contribution in [0.3, 0.4) is 0 Å². The fourth-order valence-electron chi connectivity index (χ4n) is 2.08. The third kappa shape index (κ3) is 4.70. The lowest BCUT2D eigenvalue weighted by atomic mass is 10.1. The topological polar surface area (TPSA) is 54.9 Å². The van der Waals surface area contributed by atoms with Gasteiger partial charge in [-0.3, -0.25) is 4.79 Å². The number of para-hydroxylation sites is 1. The highest BCUT2D eigenvalue weighted by Gasteiger charge is 2.32. The van der Waals surface area contributed by atoms with Crippen LogP contribution in [0.2, 0.25) is 0 Å². The average molecular weight is 355 g/mol. The number of alkyl halides is 3. The minimum Gasteiger partial charge on any atom is -0.325 e. The van der Waals surface area contributed by atoms with E-state index in [9.17, 15) is 18.0 Å². The molecule has 1 aromatic carbocycles. The van der Waals surface area contributed by atoms with E-state index in [-0.39, 0.29) is 16.8 Å². The molecule has 0 fully saturated rings. The zero-order valence-corrected chi connectivity index (χ0v) is 14.0. The highest BCUT2D eigenvalue weighted by Crippen LogP contribution is 2.28. The van der Waals surface area contributed by atoms with Gasteiger partial charge in [-0.1, -0.05) is 36.9 Å². The number of rotatable bonds is 5. The molecule has 0 radical (unpaired) electrons. The number of aromatic nitrogens is 2. The van der Waals surface area contributed by atoms with Crippen molar-refractivity contribution in [2.45, 2.75) is 31.6 Å². The molecule has 8 heteroatoms. The van der Waals surface area contributed by atoms with Crippen molar-refractivity contribution in [2.75, 3.05) is 11.1 Å². The summed E-state index contributed by atoms with van der Waals surface area (Å²) in [6.07, 6.45) is -2.73. The summed E-state index contributed by atoms with van der Waals surface area (Å²) in [5, 5.41) is 2.72. The first-order valence-corrected chi connectivity index (χ1v) is 8.21. The number of anilines is 1. The zero-order chi connectivity index (χ0) is 17.7. The van der Waals surface area contributed by atoms with Gasteiger partial charge >= 0.3 is 6.18 Å². The lowest BCUT2D eigenvalue weighted by molar-refractivity contribution is -0.141.